The Morgan fingerprint density at radius 1 is 1.21 bits per heavy atom. The standard InChI is InChI=1S/C20H22N2O6S/c1-4-27-20(24)15-5-7-16(8-6-15)21-29(25,26)17-9-10-19-18(11-17)22(14(3)23)12-13(2)28-19/h5-11,13,21H,4,12H2,1-3H3. The second kappa shape index (κ2) is 8.12. The first-order chi connectivity index (χ1) is 13.7. The average molecular weight is 418 g/mol. The number of carbonyl (C=O) groups excluding carboxylic acids is 2. The molecule has 1 aliphatic heterocycles. The van der Waals surface area contributed by atoms with Crippen LogP contribution in [0.25, 0.3) is 0 Å². The van der Waals surface area contributed by atoms with Crippen LogP contribution in [0.5, 0.6) is 5.75 Å². The van der Waals surface area contributed by atoms with Crippen LogP contribution in [0.4, 0.5) is 11.4 Å². The Morgan fingerprint density at radius 2 is 1.90 bits per heavy atom. The van der Waals surface area contributed by atoms with Crippen molar-refractivity contribution in [2.45, 2.75) is 31.8 Å². The number of amides is 1. The van der Waals surface area contributed by atoms with Crippen molar-refractivity contribution >= 4 is 33.3 Å². The molecule has 0 radical (unpaired) electrons. The number of rotatable bonds is 5. The SMILES string of the molecule is CCOC(=O)c1ccc(NS(=O)(=O)c2ccc3c(c2)N(C(C)=O)CC(C)O3)cc1. The number of ether oxygens (including phenoxy) is 2. The Bertz CT molecular complexity index is 1030. The lowest BCUT2D eigenvalue weighted by Crippen LogP contribution is -2.41. The molecule has 1 unspecified atom stereocenters. The third-order valence-corrected chi connectivity index (χ3v) is 5.71. The Labute approximate surface area is 169 Å². The molecule has 0 saturated carbocycles. The van der Waals surface area contributed by atoms with Gasteiger partial charge in [0.2, 0.25) is 5.91 Å². The van der Waals surface area contributed by atoms with Gasteiger partial charge in [-0.2, -0.15) is 0 Å². The van der Waals surface area contributed by atoms with Crippen LogP contribution in [0.3, 0.4) is 0 Å². The second-order valence-electron chi connectivity index (χ2n) is 6.59. The minimum absolute atomic E-state index is 0.00452. The first-order valence-corrected chi connectivity index (χ1v) is 10.6. The van der Waals surface area contributed by atoms with Crippen LogP contribution in [-0.2, 0) is 19.6 Å². The van der Waals surface area contributed by atoms with Crippen molar-refractivity contribution in [2.24, 2.45) is 0 Å². The maximum absolute atomic E-state index is 12.8. The molecule has 8 nitrogen and oxygen atoms in total. The summed E-state index contributed by atoms with van der Waals surface area (Å²) in [6.07, 6.45) is -0.190. The fraction of sp³-hybridized carbons (Fsp3) is 0.300. The van der Waals surface area contributed by atoms with Crippen molar-refractivity contribution in [2.75, 3.05) is 22.8 Å². The molecule has 0 saturated heterocycles. The summed E-state index contributed by atoms with van der Waals surface area (Å²) in [6, 6.07) is 10.3. The summed E-state index contributed by atoms with van der Waals surface area (Å²) in [6.45, 7) is 5.56. The highest BCUT2D eigenvalue weighted by Crippen LogP contribution is 2.35. The summed E-state index contributed by atoms with van der Waals surface area (Å²) < 4.78 is 38.7. The van der Waals surface area contributed by atoms with E-state index in [1.807, 2.05) is 6.92 Å². The Balaban J connectivity index is 1.86. The molecule has 3 rings (SSSR count). The highest BCUT2D eigenvalue weighted by atomic mass is 32.2. The first-order valence-electron chi connectivity index (χ1n) is 9.10. The van der Waals surface area contributed by atoms with Gasteiger partial charge in [-0.05, 0) is 56.3 Å². The minimum Gasteiger partial charge on any atom is -0.487 e. The van der Waals surface area contributed by atoms with Crippen LogP contribution in [0.1, 0.15) is 31.1 Å². The van der Waals surface area contributed by atoms with Crippen molar-refractivity contribution in [1.29, 1.82) is 0 Å². The third kappa shape index (κ3) is 4.51. The maximum atomic E-state index is 12.8. The molecule has 1 amide bonds. The van der Waals surface area contributed by atoms with Gasteiger partial charge in [-0.15, -0.1) is 0 Å². The quantitative estimate of drug-likeness (QED) is 0.749. The fourth-order valence-corrected chi connectivity index (χ4v) is 4.06. The smallest absolute Gasteiger partial charge is 0.338 e. The second-order valence-corrected chi connectivity index (χ2v) is 8.27. The van der Waals surface area contributed by atoms with Crippen molar-refractivity contribution in [3.05, 3.63) is 48.0 Å². The van der Waals surface area contributed by atoms with Crippen LogP contribution in [0.2, 0.25) is 0 Å². The molecular weight excluding hydrogens is 396 g/mol. The number of nitrogens with one attached hydrogen (secondary N) is 1. The molecule has 0 spiro atoms. The molecule has 0 aliphatic carbocycles. The Hall–Kier alpha value is -3.07. The highest BCUT2D eigenvalue weighted by molar-refractivity contribution is 7.92. The van der Waals surface area contributed by atoms with E-state index in [1.165, 1.54) is 48.2 Å². The van der Waals surface area contributed by atoms with Gasteiger partial charge in [0.25, 0.3) is 10.0 Å². The fourth-order valence-electron chi connectivity index (χ4n) is 2.99. The predicted octanol–water partition coefficient (Wildman–Crippen LogP) is 2.80. The zero-order valence-electron chi connectivity index (χ0n) is 16.3. The van der Waals surface area contributed by atoms with E-state index in [0.717, 1.165) is 0 Å². The summed E-state index contributed by atoms with van der Waals surface area (Å²) >= 11 is 0. The van der Waals surface area contributed by atoms with Gasteiger partial charge >= 0.3 is 5.97 Å². The molecule has 1 heterocycles. The molecule has 2 aromatic rings. The van der Waals surface area contributed by atoms with Crippen molar-refractivity contribution in [3.8, 4) is 5.75 Å². The van der Waals surface area contributed by atoms with E-state index in [-0.39, 0.29) is 23.5 Å². The average Bonchev–Trinajstić information content (AvgIpc) is 2.67. The number of nitrogens with zero attached hydrogens (tertiary/aromatic N) is 1. The zero-order valence-corrected chi connectivity index (χ0v) is 17.2. The lowest BCUT2D eigenvalue weighted by Gasteiger charge is -2.33. The van der Waals surface area contributed by atoms with Crippen molar-refractivity contribution in [1.82, 2.24) is 0 Å². The summed E-state index contributed by atoms with van der Waals surface area (Å²) in [7, 11) is -3.91. The van der Waals surface area contributed by atoms with Gasteiger partial charge in [0.1, 0.15) is 11.9 Å². The summed E-state index contributed by atoms with van der Waals surface area (Å²) in [5.41, 5.74) is 1.03. The number of anilines is 2. The van der Waals surface area contributed by atoms with E-state index in [9.17, 15) is 18.0 Å². The zero-order chi connectivity index (χ0) is 21.2. The van der Waals surface area contributed by atoms with Crippen LogP contribution >= 0.6 is 0 Å². The van der Waals surface area contributed by atoms with E-state index in [4.69, 9.17) is 9.47 Å². The molecular formula is C20H22N2O6S. The molecule has 1 N–H and O–H groups in total. The molecule has 1 atom stereocenters. The number of hydrogen-bond acceptors (Lipinski definition) is 6. The van der Waals surface area contributed by atoms with Crippen molar-refractivity contribution in [3.63, 3.8) is 0 Å². The van der Waals surface area contributed by atoms with E-state index >= 15 is 0 Å². The maximum Gasteiger partial charge on any atom is 0.338 e. The summed E-state index contributed by atoms with van der Waals surface area (Å²) in [5, 5.41) is 0. The summed E-state index contributed by atoms with van der Waals surface area (Å²) in [4.78, 5) is 25.2. The Kier molecular flexibility index (Phi) is 5.78. The molecule has 0 aromatic heterocycles. The largest absolute Gasteiger partial charge is 0.487 e. The lowest BCUT2D eigenvalue weighted by atomic mass is 10.2. The number of sulfonamides is 1. The number of fused-ring (bicyclic) bond motifs is 1. The molecule has 2 aromatic carbocycles. The topological polar surface area (TPSA) is 102 Å². The molecule has 9 heteroatoms. The lowest BCUT2D eigenvalue weighted by molar-refractivity contribution is -0.117. The van der Waals surface area contributed by atoms with Crippen molar-refractivity contribution < 1.29 is 27.5 Å². The van der Waals surface area contributed by atoms with E-state index in [0.29, 0.717) is 29.2 Å². The predicted molar refractivity (Wildman–Crippen MR) is 108 cm³/mol. The molecule has 29 heavy (non-hydrogen) atoms. The third-order valence-electron chi connectivity index (χ3n) is 4.33. The van der Waals surface area contributed by atoms with Gasteiger partial charge in [-0.25, -0.2) is 13.2 Å². The molecule has 154 valence electrons. The van der Waals surface area contributed by atoms with Gasteiger partial charge in [0.15, 0.2) is 0 Å². The van der Waals surface area contributed by atoms with Crippen LogP contribution in [-0.4, -0.2) is 39.5 Å². The van der Waals surface area contributed by atoms with Gasteiger partial charge in [0, 0.05) is 12.6 Å². The first kappa shape index (κ1) is 20.7. The summed E-state index contributed by atoms with van der Waals surface area (Å²) in [5.74, 6) is -0.217. The van der Waals surface area contributed by atoms with Crippen LogP contribution in [0, 0.1) is 0 Å². The highest BCUT2D eigenvalue weighted by Gasteiger charge is 2.28. The monoisotopic (exact) mass is 418 g/mol. The number of hydrogen-bond donors (Lipinski definition) is 1. The van der Waals surface area contributed by atoms with E-state index < -0.39 is 16.0 Å². The van der Waals surface area contributed by atoms with E-state index in [1.54, 1.807) is 13.0 Å². The van der Waals surface area contributed by atoms with Gasteiger partial charge < -0.3 is 14.4 Å². The molecule has 0 fully saturated rings. The number of carbonyl (C=O) groups is 2. The van der Waals surface area contributed by atoms with Gasteiger partial charge in [-0.1, -0.05) is 0 Å². The number of benzene rings is 2. The molecule has 1 aliphatic rings. The van der Waals surface area contributed by atoms with Crippen LogP contribution < -0.4 is 14.4 Å². The van der Waals surface area contributed by atoms with Gasteiger partial charge in [0.05, 0.1) is 29.3 Å². The molecule has 0 bridgehead atoms. The normalized spacial score (nSPS) is 15.8. The minimum atomic E-state index is -3.91. The number of esters is 1. The Morgan fingerprint density at radius 3 is 2.52 bits per heavy atom. The van der Waals surface area contributed by atoms with Crippen LogP contribution in [0.15, 0.2) is 47.4 Å². The van der Waals surface area contributed by atoms with Gasteiger partial charge in [-0.3, -0.25) is 9.52 Å². The van der Waals surface area contributed by atoms with E-state index in [2.05, 4.69) is 4.72 Å².